The molecule has 104 valence electrons. The highest BCUT2D eigenvalue weighted by molar-refractivity contribution is 6.33. The zero-order chi connectivity index (χ0) is 14.7. The highest BCUT2D eigenvalue weighted by Gasteiger charge is 2.15. The first kappa shape index (κ1) is 14.5. The number of rotatable bonds is 4. The van der Waals surface area contributed by atoms with Crippen LogP contribution in [0.5, 0.6) is 11.5 Å². The number of nitrogen functional groups attached to an aromatic ring is 1. The van der Waals surface area contributed by atoms with Gasteiger partial charge in [-0.05, 0) is 23.8 Å². The first-order valence-corrected chi connectivity index (χ1v) is 6.45. The summed E-state index contributed by atoms with van der Waals surface area (Å²) in [7, 11) is 0. The minimum Gasteiger partial charge on any atom is -0.481 e. The Morgan fingerprint density at radius 2 is 1.85 bits per heavy atom. The van der Waals surface area contributed by atoms with Crippen molar-refractivity contribution in [3.8, 4) is 11.5 Å². The molecule has 4 nitrogen and oxygen atoms in total. The van der Waals surface area contributed by atoms with Crippen LogP contribution in [-0.4, -0.2) is 11.1 Å². The number of nitrogens with two attached hydrogens (primary N) is 1. The molecule has 0 aliphatic rings. The Hall–Kier alpha value is -1.91. The molecule has 0 saturated heterocycles. The summed E-state index contributed by atoms with van der Waals surface area (Å²) in [5, 5.41) is 9.53. The molecule has 2 aromatic rings. The number of aliphatic carboxylic acids is 1. The maximum atomic E-state index is 10.8. The number of carboxylic acid groups (broad SMARTS) is 1. The summed E-state index contributed by atoms with van der Waals surface area (Å²) < 4.78 is 5.61. The first-order chi connectivity index (χ1) is 9.49. The van der Waals surface area contributed by atoms with Gasteiger partial charge in [0.05, 0.1) is 22.2 Å². The standard InChI is InChI=1S/C14H11Cl2NO3/c15-9-3-1-2-4-11(9)20-14-10(16)6-5-8(13(14)17)7-12(18)19/h1-6H,7,17H2,(H,18,19). The normalized spacial score (nSPS) is 10.3. The monoisotopic (exact) mass is 311 g/mol. The smallest absolute Gasteiger partial charge is 0.307 e. The molecule has 0 atom stereocenters. The molecule has 0 spiro atoms. The Bertz CT molecular complexity index is 659. The third-order valence-corrected chi connectivity index (χ3v) is 3.24. The van der Waals surface area contributed by atoms with Crippen molar-refractivity contribution in [2.75, 3.05) is 5.73 Å². The predicted molar refractivity (Wildman–Crippen MR) is 78.7 cm³/mol. The highest BCUT2D eigenvalue weighted by Crippen LogP contribution is 2.39. The van der Waals surface area contributed by atoms with E-state index in [4.69, 9.17) is 38.8 Å². The van der Waals surface area contributed by atoms with E-state index in [1.54, 1.807) is 36.4 Å². The van der Waals surface area contributed by atoms with Crippen LogP contribution in [0.2, 0.25) is 10.0 Å². The first-order valence-electron chi connectivity index (χ1n) is 5.70. The fourth-order valence-corrected chi connectivity index (χ4v) is 2.05. The average Bonchev–Trinajstić information content (AvgIpc) is 2.39. The van der Waals surface area contributed by atoms with E-state index >= 15 is 0 Å². The third-order valence-electron chi connectivity index (χ3n) is 2.63. The topological polar surface area (TPSA) is 72.6 Å². The molecule has 0 fully saturated rings. The number of para-hydroxylation sites is 1. The summed E-state index contributed by atoms with van der Waals surface area (Å²) in [4.78, 5) is 10.8. The molecule has 20 heavy (non-hydrogen) atoms. The lowest BCUT2D eigenvalue weighted by Crippen LogP contribution is -2.05. The number of ether oxygens (including phenoxy) is 1. The maximum absolute atomic E-state index is 10.8. The van der Waals surface area contributed by atoms with Crippen molar-refractivity contribution in [2.45, 2.75) is 6.42 Å². The van der Waals surface area contributed by atoms with Crippen LogP contribution in [0, 0.1) is 0 Å². The molecule has 0 bridgehead atoms. The number of benzene rings is 2. The molecule has 0 saturated carbocycles. The van der Waals surface area contributed by atoms with E-state index in [0.717, 1.165) is 0 Å². The molecular weight excluding hydrogens is 301 g/mol. The van der Waals surface area contributed by atoms with Gasteiger partial charge in [0.1, 0.15) is 5.75 Å². The quantitative estimate of drug-likeness (QED) is 0.837. The van der Waals surface area contributed by atoms with Crippen LogP contribution < -0.4 is 10.5 Å². The lowest BCUT2D eigenvalue weighted by atomic mass is 10.1. The summed E-state index contributed by atoms with van der Waals surface area (Å²) in [6.07, 6.45) is -0.206. The van der Waals surface area contributed by atoms with Crippen molar-refractivity contribution in [2.24, 2.45) is 0 Å². The second kappa shape index (κ2) is 6.03. The second-order valence-electron chi connectivity index (χ2n) is 4.05. The van der Waals surface area contributed by atoms with Gasteiger partial charge >= 0.3 is 5.97 Å². The number of halogens is 2. The van der Waals surface area contributed by atoms with E-state index in [1.165, 1.54) is 0 Å². The zero-order valence-electron chi connectivity index (χ0n) is 10.3. The van der Waals surface area contributed by atoms with Gasteiger partial charge < -0.3 is 15.6 Å². The molecule has 0 heterocycles. The number of carbonyl (C=O) groups is 1. The Balaban J connectivity index is 2.41. The van der Waals surface area contributed by atoms with Crippen LogP contribution in [0.15, 0.2) is 36.4 Å². The molecule has 0 aromatic heterocycles. The summed E-state index contributed by atoms with van der Waals surface area (Å²) >= 11 is 12.0. The Kier molecular flexibility index (Phi) is 4.37. The summed E-state index contributed by atoms with van der Waals surface area (Å²) in [6.45, 7) is 0. The van der Waals surface area contributed by atoms with Gasteiger partial charge in [-0.1, -0.05) is 41.4 Å². The summed E-state index contributed by atoms with van der Waals surface area (Å²) in [5.41, 5.74) is 6.54. The third kappa shape index (κ3) is 3.15. The van der Waals surface area contributed by atoms with E-state index in [2.05, 4.69) is 0 Å². The van der Waals surface area contributed by atoms with Crippen molar-refractivity contribution in [3.05, 3.63) is 52.0 Å². The molecule has 6 heteroatoms. The van der Waals surface area contributed by atoms with Gasteiger partial charge in [-0.3, -0.25) is 4.79 Å². The Morgan fingerprint density at radius 3 is 2.50 bits per heavy atom. The SMILES string of the molecule is Nc1c(CC(=O)O)ccc(Cl)c1Oc1ccccc1Cl. The van der Waals surface area contributed by atoms with Gasteiger partial charge in [0, 0.05) is 0 Å². The number of hydrogen-bond donors (Lipinski definition) is 2. The number of carboxylic acids is 1. The lowest BCUT2D eigenvalue weighted by molar-refractivity contribution is -0.136. The maximum Gasteiger partial charge on any atom is 0.307 e. The second-order valence-corrected chi connectivity index (χ2v) is 4.87. The molecule has 3 N–H and O–H groups in total. The molecule has 0 radical (unpaired) electrons. The van der Waals surface area contributed by atoms with Gasteiger partial charge in [0.15, 0.2) is 5.75 Å². The largest absolute Gasteiger partial charge is 0.481 e. The Morgan fingerprint density at radius 1 is 1.15 bits per heavy atom. The van der Waals surface area contributed by atoms with E-state index in [9.17, 15) is 4.79 Å². The van der Waals surface area contributed by atoms with Crippen molar-refractivity contribution in [1.82, 2.24) is 0 Å². The molecule has 2 aromatic carbocycles. The van der Waals surface area contributed by atoms with Crippen LogP contribution in [0.4, 0.5) is 5.69 Å². The minimum absolute atomic E-state index is 0.194. The summed E-state index contributed by atoms with van der Waals surface area (Å²) in [6, 6.07) is 9.96. The van der Waals surface area contributed by atoms with Crippen LogP contribution in [0.3, 0.4) is 0 Å². The van der Waals surface area contributed by atoms with Gasteiger partial charge in [-0.2, -0.15) is 0 Å². The van der Waals surface area contributed by atoms with Gasteiger partial charge in [-0.15, -0.1) is 0 Å². The lowest BCUT2D eigenvalue weighted by Gasteiger charge is -2.13. The molecule has 0 amide bonds. The van der Waals surface area contributed by atoms with Gasteiger partial charge in [-0.25, -0.2) is 0 Å². The minimum atomic E-state index is -0.984. The fraction of sp³-hybridized carbons (Fsp3) is 0.0714. The van der Waals surface area contributed by atoms with Crippen LogP contribution in [0.25, 0.3) is 0 Å². The molecule has 2 rings (SSSR count). The average molecular weight is 312 g/mol. The van der Waals surface area contributed by atoms with Crippen molar-refractivity contribution < 1.29 is 14.6 Å². The predicted octanol–water partition coefficient (Wildman–Crippen LogP) is 4.00. The van der Waals surface area contributed by atoms with Crippen molar-refractivity contribution in [1.29, 1.82) is 0 Å². The molecule has 0 unspecified atom stereocenters. The van der Waals surface area contributed by atoms with Crippen molar-refractivity contribution >= 4 is 34.9 Å². The number of anilines is 1. The van der Waals surface area contributed by atoms with Crippen LogP contribution >= 0.6 is 23.2 Å². The Labute approximate surface area is 125 Å². The molecular formula is C14H11Cl2NO3. The molecule has 0 aliphatic carbocycles. The summed E-state index contributed by atoms with van der Waals surface area (Å²) in [5.74, 6) is -0.378. The highest BCUT2D eigenvalue weighted by atomic mass is 35.5. The van der Waals surface area contributed by atoms with E-state index < -0.39 is 5.97 Å². The zero-order valence-corrected chi connectivity index (χ0v) is 11.8. The molecule has 0 aliphatic heterocycles. The van der Waals surface area contributed by atoms with Gasteiger partial charge in [0.25, 0.3) is 0 Å². The van der Waals surface area contributed by atoms with Crippen LogP contribution in [0.1, 0.15) is 5.56 Å². The van der Waals surface area contributed by atoms with E-state index in [1.807, 2.05) is 0 Å². The van der Waals surface area contributed by atoms with Gasteiger partial charge in [0.2, 0.25) is 0 Å². The van der Waals surface area contributed by atoms with E-state index in [0.29, 0.717) is 16.3 Å². The van der Waals surface area contributed by atoms with E-state index in [-0.39, 0.29) is 22.9 Å². The fourth-order valence-electron chi connectivity index (χ4n) is 1.67. The van der Waals surface area contributed by atoms with Crippen LogP contribution in [-0.2, 0) is 11.2 Å². The number of hydrogen-bond acceptors (Lipinski definition) is 3. The van der Waals surface area contributed by atoms with Crippen molar-refractivity contribution in [3.63, 3.8) is 0 Å².